The van der Waals surface area contributed by atoms with Crippen molar-refractivity contribution in [2.75, 3.05) is 13.2 Å². The Kier molecular flexibility index (Phi) is 5.70. The van der Waals surface area contributed by atoms with Gasteiger partial charge >= 0.3 is 0 Å². The summed E-state index contributed by atoms with van der Waals surface area (Å²) in [6.45, 7) is 0.500. The molecule has 37 heavy (non-hydrogen) atoms. The van der Waals surface area contributed by atoms with Crippen molar-refractivity contribution in [3.05, 3.63) is 54.0 Å². The van der Waals surface area contributed by atoms with Gasteiger partial charge in [0, 0.05) is 29.0 Å². The molecule has 7 heteroatoms. The largest absolute Gasteiger partial charge is 0.451 e. The third-order valence-corrected chi connectivity index (χ3v) is 8.25. The molecule has 3 heterocycles. The molecule has 2 N–H and O–H groups in total. The Morgan fingerprint density at radius 3 is 2.41 bits per heavy atom. The van der Waals surface area contributed by atoms with Crippen molar-refractivity contribution >= 4 is 22.7 Å². The normalized spacial score (nSPS) is 21.0. The second-order valence-corrected chi connectivity index (χ2v) is 10.9. The Morgan fingerprint density at radius 1 is 1.03 bits per heavy atom. The van der Waals surface area contributed by atoms with E-state index in [0.29, 0.717) is 30.5 Å². The van der Waals surface area contributed by atoms with Crippen molar-refractivity contribution in [1.82, 2.24) is 10.3 Å². The van der Waals surface area contributed by atoms with E-state index in [1.165, 1.54) is 0 Å². The molecule has 2 aliphatic carbocycles. The number of ketones is 1. The first-order chi connectivity index (χ1) is 17.8. The van der Waals surface area contributed by atoms with E-state index in [1.54, 1.807) is 18.3 Å². The fourth-order valence-electron chi connectivity index (χ4n) is 5.51. The monoisotopic (exact) mass is 498 g/mol. The minimum absolute atomic E-state index is 0.0449. The van der Waals surface area contributed by atoms with Crippen LogP contribution in [-0.4, -0.2) is 40.5 Å². The van der Waals surface area contributed by atoms with Crippen LogP contribution in [0.1, 0.15) is 67.6 Å². The molecule has 3 aromatic rings. The van der Waals surface area contributed by atoms with E-state index in [2.05, 4.69) is 16.2 Å². The number of aromatic nitrogens is 1. The van der Waals surface area contributed by atoms with Crippen LogP contribution in [0.3, 0.4) is 0 Å². The quantitative estimate of drug-likeness (QED) is 0.465. The highest BCUT2D eigenvalue weighted by atomic mass is 16.5. The van der Waals surface area contributed by atoms with Gasteiger partial charge < -0.3 is 19.6 Å². The Hall–Kier alpha value is -3.47. The van der Waals surface area contributed by atoms with Gasteiger partial charge in [-0.25, -0.2) is 0 Å². The van der Waals surface area contributed by atoms with Crippen LogP contribution in [0.5, 0.6) is 0 Å². The van der Waals surface area contributed by atoms with Crippen molar-refractivity contribution in [3.8, 4) is 23.5 Å². The predicted molar refractivity (Wildman–Crippen MR) is 138 cm³/mol. The summed E-state index contributed by atoms with van der Waals surface area (Å²) in [5, 5.41) is 14.3. The zero-order chi connectivity index (χ0) is 25.7. The number of nitrogens with zero attached hydrogens (tertiary/aromatic N) is 1. The van der Waals surface area contributed by atoms with E-state index in [1.807, 2.05) is 24.3 Å². The van der Waals surface area contributed by atoms with Crippen LogP contribution in [0.15, 0.2) is 47.0 Å². The minimum Gasteiger partial charge on any atom is -0.451 e. The van der Waals surface area contributed by atoms with E-state index < -0.39 is 11.1 Å². The van der Waals surface area contributed by atoms with Gasteiger partial charge in [0.25, 0.3) is 5.91 Å². The number of furan rings is 1. The number of carbonyl (C=O) groups is 2. The zero-order valence-corrected chi connectivity index (χ0v) is 20.7. The summed E-state index contributed by atoms with van der Waals surface area (Å²) in [5.74, 6) is 2.66. The second kappa shape index (κ2) is 8.83. The topological polar surface area (TPSA) is 102 Å². The van der Waals surface area contributed by atoms with Gasteiger partial charge in [-0.15, -0.1) is 6.42 Å². The first-order valence-corrected chi connectivity index (χ1v) is 13.0. The van der Waals surface area contributed by atoms with Crippen LogP contribution in [0, 0.1) is 17.8 Å². The van der Waals surface area contributed by atoms with E-state index in [-0.39, 0.29) is 36.1 Å². The molecule has 0 bridgehead atoms. The van der Waals surface area contributed by atoms with Crippen molar-refractivity contribution in [2.24, 2.45) is 5.41 Å². The Morgan fingerprint density at radius 2 is 1.78 bits per heavy atom. The summed E-state index contributed by atoms with van der Waals surface area (Å²) in [6, 6.07) is 11.1. The number of fused-ring (bicyclic) bond motifs is 1. The molecule has 3 aliphatic rings. The van der Waals surface area contributed by atoms with Crippen LogP contribution in [0.2, 0.25) is 0 Å². The van der Waals surface area contributed by atoms with Gasteiger partial charge in [0.15, 0.2) is 17.1 Å². The van der Waals surface area contributed by atoms with E-state index in [0.717, 1.165) is 48.6 Å². The highest BCUT2D eigenvalue weighted by Crippen LogP contribution is 2.49. The molecule has 190 valence electrons. The maximum atomic E-state index is 13.4. The number of nitrogens with one attached hydrogen (secondary N) is 1. The second-order valence-electron chi connectivity index (χ2n) is 10.9. The molecule has 2 saturated carbocycles. The summed E-state index contributed by atoms with van der Waals surface area (Å²) in [7, 11) is 0. The molecule has 3 fully saturated rings. The molecule has 7 nitrogen and oxygen atoms in total. The Balaban J connectivity index is 1.22. The molecule has 0 spiro atoms. The van der Waals surface area contributed by atoms with Crippen LogP contribution in [0.25, 0.3) is 22.1 Å². The third kappa shape index (κ3) is 4.35. The fraction of sp³-hybridized carbons (Fsp3) is 0.433. The summed E-state index contributed by atoms with van der Waals surface area (Å²) in [5.41, 5.74) is 0.697. The number of amides is 1. The van der Waals surface area contributed by atoms with E-state index in [4.69, 9.17) is 15.6 Å². The molecule has 1 amide bonds. The minimum atomic E-state index is -1.01. The molecule has 0 radical (unpaired) electrons. The number of rotatable bonds is 7. The molecule has 0 unspecified atom stereocenters. The van der Waals surface area contributed by atoms with Gasteiger partial charge in [-0.1, -0.05) is 43.4 Å². The Bertz CT molecular complexity index is 1400. The average molecular weight is 499 g/mol. The number of benzene rings is 1. The summed E-state index contributed by atoms with van der Waals surface area (Å²) in [4.78, 5) is 31.2. The van der Waals surface area contributed by atoms with E-state index >= 15 is 0 Å². The van der Waals surface area contributed by atoms with Gasteiger partial charge in [-0.2, -0.15) is 0 Å². The predicted octanol–water partition coefficient (Wildman–Crippen LogP) is 4.52. The lowest BCUT2D eigenvalue weighted by molar-refractivity contribution is -0.186. The van der Waals surface area contributed by atoms with Gasteiger partial charge in [0.05, 0.1) is 24.4 Å². The molecule has 1 saturated heterocycles. The number of hydrogen-bond donors (Lipinski definition) is 2. The van der Waals surface area contributed by atoms with Crippen LogP contribution >= 0.6 is 0 Å². The molecule has 1 aliphatic heterocycles. The lowest BCUT2D eigenvalue weighted by Gasteiger charge is -2.37. The van der Waals surface area contributed by atoms with Gasteiger partial charge in [-0.05, 0) is 49.4 Å². The van der Waals surface area contributed by atoms with Crippen molar-refractivity contribution in [2.45, 2.75) is 62.5 Å². The van der Waals surface area contributed by atoms with Gasteiger partial charge in [0.1, 0.15) is 5.58 Å². The van der Waals surface area contributed by atoms with Gasteiger partial charge in [0.2, 0.25) is 0 Å². The number of pyridine rings is 1. The number of carbonyl (C=O) groups excluding carboxylic acids is 2. The smallest absolute Gasteiger partial charge is 0.287 e. The van der Waals surface area contributed by atoms with Crippen molar-refractivity contribution in [3.63, 3.8) is 0 Å². The molecule has 0 atom stereocenters. The highest BCUT2D eigenvalue weighted by molar-refractivity contribution is 6.01. The van der Waals surface area contributed by atoms with E-state index in [9.17, 15) is 14.7 Å². The lowest BCUT2D eigenvalue weighted by atomic mass is 9.75. The number of Topliss-reactive ketones (excluding diaryl/α,β-unsaturated/α-hetero) is 1. The number of aliphatic hydroxyl groups is 1. The summed E-state index contributed by atoms with van der Waals surface area (Å²) >= 11 is 0. The van der Waals surface area contributed by atoms with Crippen LogP contribution < -0.4 is 5.32 Å². The Labute approximate surface area is 215 Å². The number of hydrogen-bond acceptors (Lipinski definition) is 6. The number of ether oxygens (including phenoxy) is 1. The maximum Gasteiger partial charge on any atom is 0.287 e. The summed E-state index contributed by atoms with van der Waals surface area (Å²) in [6.07, 6.45) is 13.6. The van der Waals surface area contributed by atoms with Crippen LogP contribution in [0.4, 0.5) is 0 Å². The van der Waals surface area contributed by atoms with Crippen molar-refractivity contribution in [1.29, 1.82) is 0 Å². The first-order valence-electron chi connectivity index (χ1n) is 13.0. The first kappa shape index (κ1) is 23.9. The number of terminal acetylenes is 1. The molecular weight excluding hydrogens is 468 g/mol. The maximum absolute atomic E-state index is 13.4. The van der Waals surface area contributed by atoms with Crippen molar-refractivity contribution < 1.29 is 23.8 Å². The van der Waals surface area contributed by atoms with Crippen LogP contribution in [-0.2, 0) is 15.1 Å². The highest BCUT2D eigenvalue weighted by Gasteiger charge is 2.49. The standard InChI is InChI=1S/C30H30N2O5/c1-2-28(12-13-28)16-26(33)29(10-4-3-5-11-29)32-27(34)24-15-21-7-6-20(14-23(21)37-24)22-8-9-25(31-17-22)30(35)18-36-19-30/h1,6-9,14-15,17,35H,3-5,10-13,16,18-19H2,(H,32,34). The molecule has 2 aromatic heterocycles. The fourth-order valence-corrected chi connectivity index (χ4v) is 5.51. The molecule has 6 rings (SSSR count). The molecule has 1 aromatic carbocycles. The average Bonchev–Trinajstić information content (AvgIpc) is 3.54. The summed E-state index contributed by atoms with van der Waals surface area (Å²) < 4.78 is 11.1. The van der Waals surface area contributed by atoms with Gasteiger partial charge in [-0.3, -0.25) is 14.6 Å². The lowest BCUT2D eigenvalue weighted by Crippen LogP contribution is -2.56. The third-order valence-electron chi connectivity index (χ3n) is 8.25. The zero-order valence-electron chi connectivity index (χ0n) is 20.7. The SMILES string of the molecule is C#CC1(CC(=O)C2(NC(=O)c3cc4ccc(-c5ccc(C6(O)COC6)nc5)cc4o3)CCCCC2)CC1. The molecular formula is C30H30N2O5.